The fraction of sp³-hybridized carbons (Fsp3) is 0.462. The first kappa shape index (κ1) is 15.4. The number of hydrogen-bond acceptors (Lipinski definition) is 2. The molecule has 0 heterocycles. The summed E-state index contributed by atoms with van der Waals surface area (Å²) in [6, 6.07) is 7.69. The molecule has 0 amide bonds. The molecule has 0 unspecified atom stereocenters. The van der Waals surface area contributed by atoms with Crippen LogP contribution < -0.4 is 0 Å². The molecular formula is C13H17BrFNOSi. The van der Waals surface area contributed by atoms with Crippen LogP contribution in [-0.2, 0) is 11.0 Å². The molecule has 0 spiro atoms. The summed E-state index contributed by atoms with van der Waals surface area (Å²) in [7, 11) is -1.76. The van der Waals surface area contributed by atoms with Gasteiger partial charge in [-0.1, -0.05) is 15.9 Å². The number of nitriles is 1. The second-order valence-corrected chi connectivity index (χ2v) is 9.96. The van der Waals surface area contributed by atoms with Crippen LogP contribution in [-0.4, -0.2) is 8.32 Å². The van der Waals surface area contributed by atoms with Gasteiger partial charge in [0.1, 0.15) is 5.82 Å². The molecule has 1 aromatic carbocycles. The standard InChI is InChI=1S/C13H17BrFNOSi/c1-18(2,8-4-3-7-16)17-10-11-9-12(15)5-6-13(11)14/h5-6,9H,3-4,8,10H2,1-2H3. The molecule has 0 saturated carbocycles. The summed E-state index contributed by atoms with van der Waals surface area (Å²) in [5.41, 5.74) is 0.829. The van der Waals surface area contributed by atoms with E-state index in [1.54, 1.807) is 6.07 Å². The minimum Gasteiger partial charge on any atom is -0.413 e. The zero-order valence-corrected chi connectivity index (χ0v) is 13.3. The molecular weight excluding hydrogens is 313 g/mol. The molecule has 0 saturated heterocycles. The maximum atomic E-state index is 13.1. The average Bonchev–Trinajstić information content (AvgIpc) is 2.31. The van der Waals surface area contributed by atoms with Gasteiger partial charge in [0, 0.05) is 10.9 Å². The number of halogens is 2. The fourth-order valence-electron chi connectivity index (χ4n) is 1.59. The number of hydrogen-bond donors (Lipinski definition) is 0. The van der Waals surface area contributed by atoms with Crippen molar-refractivity contribution in [3.8, 4) is 6.07 Å². The molecule has 18 heavy (non-hydrogen) atoms. The van der Waals surface area contributed by atoms with E-state index in [4.69, 9.17) is 9.69 Å². The lowest BCUT2D eigenvalue weighted by Gasteiger charge is -2.22. The number of nitrogens with zero attached hydrogens (tertiary/aromatic N) is 1. The number of benzene rings is 1. The Kier molecular flexibility index (Phi) is 5.99. The van der Waals surface area contributed by atoms with Crippen molar-refractivity contribution in [1.29, 1.82) is 5.26 Å². The Morgan fingerprint density at radius 2 is 2.17 bits per heavy atom. The van der Waals surface area contributed by atoms with Gasteiger partial charge in [-0.3, -0.25) is 0 Å². The third-order valence-corrected chi connectivity index (χ3v) is 5.95. The van der Waals surface area contributed by atoms with Crippen molar-refractivity contribution < 1.29 is 8.82 Å². The van der Waals surface area contributed by atoms with Crippen LogP contribution in [0.15, 0.2) is 22.7 Å². The van der Waals surface area contributed by atoms with E-state index in [-0.39, 0.29) is 5.82 Å². The number of unbranched alkanes of at least 4 members (excludes halogenated alkanes) is 1. The van der Waals surface area contributed by atoms with Crippen molar-refractivity contribution in [2.45, 2.75) is 38.6 Å². The van der Waals surface area contributed by atoms with E-state index in [1.807, 2.05) is 0 Å². The molecule has 0 N–H and O–H groups in total. The van der Waals surface area contributed by atoms with Crippen LogP contribution in [0.4, 0.5) is 4.39 Å². The SMILES string of the molecule is C[Si](C)(CCCC#N)OCc1cc(F)ccc1Br. The van der Waals surface area contributed by atoms with Gasteiger partial charge in [-0.05, 0) is 49.3 Å². The van der Waals surface area contributed by atoms with Crippen molar-refractivity contribution in [1.82, 2.24) is 0 Å². The molecule has 0 aliphatic heterocycles. The lowest BCUT2D eigenvalue weighted by atomic mass is 10.2. The summed E-state index contributed by atoms with van der Waals surface area (Å²) in [5.74, 6) is -0.249. The smallest absolute Gasteiger partial charge is 0.187 e. The van der Waals surface area contributed by atoms with Crippen LogP contribution >= 0.6 is 15.9 Å². The normalized spacial score (nSPS) is 11.3. The Hall–Kier alpha value is -0.703. The summed E-state index contributed by atoms with van der Waals surface area (Å²) in [6.07, 6.45) is 1.45. The summed E-state index contributed by atoms with van der Waals surface area (Å²) < 4.78 is 19.9. The summed E-state index contributed by atoms with van der Waals surface area (Å²) in [6.45, 7) is 4.67. The predicted molar refractivity (Wildman–Crippen MR) is 76.0 cm³/mol. The van der Waals surface area contributed by atoms with E-state index < -0.39 is 8.32 Å². The third-order valence-electron chi connectivity index (χ3n) is 2.69. The Morgan fingerprint density at radius 3 is 2.83 bits per heavy atom. The summed E-state index contributed by atoms with van der Waals surface area (Å²) in [4.78, 5) is 0. The fourth-order valence-corrected chi connectivity index (χ4v) is 3.67. The third kappa shape index (κ3) is 5.30. The van der Waals surface area contributed by atoms with Crippen LogP contribution in [0.1, 0.15) is 18.4 Å². The van der Waals surface area contributed by atoms with Gasteiger partial charge in [0.05, 0.1) is 12.7 Å². The van der Waals surface area contributed by atoms with Gasteiger partial charge in [-0.2, -0.15) is 5.26 Å². The van der Waals surface area contributed by atoms with E-state index in [2.05, 4.69) is 35.1 Å². The minimum absolute atomic E-state index is 0.249. The van der Waals surface area contributed by atoms with E-state index in [9.17, 15) is 4.39 Å². The van der Waals surface area contributed by atoms with Crippen molar-refractivity contribution in [2.75, 3.05) is 0 Å². The molecule has 1 aromatic rings. The zero-order chi connectivity index (χ0) is 13.6. The lowest BCUT2D eigenvalue weighted by Crippen LogP contribution is -2.29. The highest BCUT2D eigenvalue weighted by molar-refractivity contribution is 9.10. The Labute approximate surface area is 117 Å². The first-order chi connectivity index (χ1) is 8.44. The number of rotatable bonds is 6. The van der Waals surface area contributed by atoms with E-state index in [0.717, 1.165) is 22.5 Å². The summed E-state index contributed by atoms with van der Waals surface area (Å²) in [5, 5.41) is 8.51. The molecule has 0 aliphatic rings. The molecule has 0 atom stereocenters. The molecule has 1 rings (SSSR count). The second-order valence-electron chi connectivity index (χ2n) is 4.80. The van der Waals surface area contributed by atoms with Gasteiger partial charge in [0.25, 0.3) is 0 Å². The lowest BCUT2D eigenvalue weighted by molar-refractivity contribution is 0.292. The minimum atomic E-state index is -1.76. The predicted octanol–water partition coefficient (Wildman–Crippen LogP) is 4.61. The largest absolute Gasteiger partial charge is 0.413 e. The first-order valence-corrected chi connectivity index (χ1v) is 9.80. The van der Waals surface area contributed by atoms with Crippen molar-refractivity contribution in [2.24, 2.45) is 0 Å². The highest BCUT2D eigenvalue weighted by atomic mass is 79.9. The quantitative estimate of drug-likeness (QED) is 0.563. The van der Waals surface area contributed by atoms with Crippen LogP contribution in [0.5, 0.6) is 0 Å². The van der Waals surface area contributed by atoms with Crippen LogP contribution in [0, 0.1) is 17.1 Å². The molecule has 98 valence electrons. The van der Waals surface area contributed by atoms with Crippen molar-refractivity contribution in [3.63, 3.8) is 0 Å². The topological polar surface area (TPSA) is 33.0 Å². The maximum absolute atomic E-state index is 13.1. The van der Waals surface area contributed by atoms with Gasteiger partial charge in [-0.25, -0.2) is 4.39 Å². The Balaban J connectivity index is 2.53. The second kappa shape index (κ2) is 7.03. The molecule has 0 bridgehead atoms. The highest BCUT2D eigenvalue weighted by Gasteiger charge is 2.22. The van der Waals surface area contributed by atoms with E-state index in [1.165, 1.54) is 12.1 Å². The van der Waals surface area contributed by atoms with E-state index in [0.29, 0.717) is 13.0 Å². The molecule has 0 radical (unpaired) electrons. The average molecular weight is 330 g/mol. The Bertz CT molecular complexity index is 445. The summed E-state index contributed by atoms with van der Waals surface area (Å²) >= 11 is 3.39. The molecule has 5 heteroatoms. The molecule has 0 aliphatic carbocycles. The van der Waals surface area contributed by atoms with Crippen LogP contribution in [0.2, 0.25) is 19.1 Å². The van der Waals surface area contributed by atoms with E-state index >= 15 is 0 Å². The Morgan fingerprint density at radius 1 is 1.44 bits per heavy atom. The van der Waals surface area contributed by atoms with Crippen molar-refractivity contribution >= 4 is 24.2 Å². The van der Waals surface area contributed by atoms with Gasteiger partial charge < -0.3 is 4.43 Å². The maximum Gasteiger partial charge on any atom is 0.187 e. The van der Waals surface area contributed by atoms with Gasteiger partial charge in [-0.15, -0.1) is 0 Å². The first-order valence-electron chi connectivity index (χ1n) is 5.89. The van der Waals surface area contributed by atoms with Crippen molar-refractivity contribution in [3.05, 3.63) is 34.1 Å². The molecule has 0 fully saturated rings. The van der Waals surface area contributed by atoms with Gasteiger partial charge in [0.15, 0.2) is 8.32 Å². The zero-order valence-electron chi connectivity index (χ0n) is 10.7. The highest BCUT2D eigenvalue weighted by Crippen LogP contribution is 2.22. The molecule has 0 aromatic heterocycles. The molecule has 2 nitrogen and oxygen atoms in total. The van der Waals surface area contributed by atoms with Gasteiger partial charge in [0.2, 0.25) is 0 Å². The van der Waals surface area contributed by atoms with Crippen LogP contribution in [0.3, 0.4) is 0 Å². The van der Waals surface area contributed by atoms with Crippen LogP contribution in [0.25, 0.3) is 0 Å². The van der Waals surface area contributed by atoms with Gasteiger partial charge >= 0.3 is 0 Å². The monoisotopic (exact) mass is 329 g/mol.